The quantitative estimate of drug-likeness (QED) is 0.626. The number of carbonyl (C=O) groups is 1. The van der Waals surface area contributed by atoms with Crippen LogP contribution in [0.25, 0.3) is 0 Å². The molecule has 0 aliphatic carbocycles. The fourth-order valence-electron chi connectivity index (χ4n) is 3.29. The molecule has 1 unspecified atom stereocenters. The van der Waals surface area contributed by atoms with Crippen molar-refractivity contribution in [2.45, 2.75) is 37.3 Å². The van der Waals surface area contributed by atoms with E-state index in [4.69, 9.17) is 0 Å². The topological polar surface area (TPSA) is 73.4 Å². The molecule has 3 rings (SSSR count). The number of hydrogen-bond donors (Lipinski definition) is 2. The van der Waals surface area contributed by atoms with Crippen LogP contribution in [0.4, 0.5) is 16.4 Å². The molecular formula is C22H32N6OS. The van der Waals surface area contributed by atoms with Crippen molar-refractivity contribution < 1.29 is 4.79 Å². The van der Waals surface area contributed by atoms with Crippen molar-refractivity contribution in [2.24, 2.45) is 0 Å². The molecule has 1 aliphatic heterocycles. The van der Waals surface area contributed by atoms with E-state index in [0.717, 1.165) is 56.3 Å². The zero-order chi connectivity index (χ0) is 21.3. The maximum Gasteiger partial charge on any atom is 0.319 e. The zero-order valence-electron chi connectivity index (χ0n) is 18.1. The summed E-state index contributed by atoms with van der Waals surface area (Å²) in [6.07, 6.45) is 4.69. The molecule has 2 aromatic rings. The number of anilines is 2. The van der Waals surface area contributed by atoms with E-state index in [9.17, 15) is 4.79 Å². The number of piperazine rings is 1. The van der Waals surface area contributed by atoms with Crippen molar-refractivity contribution >= 4 is 29.4 Å². The number of nitrogens with zero attached hydrogens (tertiary/aromatic N) is 4. The van der Waals surface area contributed by atoms with E-state index >= 15 is 0 Å². The number of rotatable bonds is 8. The predicted octanol–water partition coefficient (Wildman–Crippen LogP) is 3.62. The highest BCUT2D eigenvalue weighted by Gasteiger charge is 2.18. The summed E-state index contributed by atoms with van der Waals surface area (Å²) in [6, 6.07) is 7.89. The van der Waals surface area contributed by atoms with Crippen LogP contribution in [0, 0.1) is 6.92 Å². The summed E-state index contributed by atoms with van der Waals surface area (Å²) in [7, 11) is 0. The first kappa shape index (κ1) is 22.4. The van der Waals surface area contributed by atoms with Gasteiger partial charge < -0.3 is 15.5 Å². The molecule has 2 amide bonds. The van der Waals surface area contributed by atoms with E-state index in [0.29, 0.717) is 11.8 Å². The van der Waals surface area contributed by atoms with Crippen LogP contribution < -0.4 is 15.5 Å². The maximum atomic E-state index is 12.3. The van der Waals surface area contributed by atoms with Gasteiger partial charge >= 0.3 is 6.03 Å². The first-order chi connectivity index (χ1) is 14.5. The molecule has 1 saturated heterocycles. The predicted molar refractivity (Wildman–Crippen MR) is 124 cm³/mol. The summed E-state index contributed by atoms with van der Waals surface area (Å²) in [6.45, 7) is 11.6. The molecule has 1 aromatic heterocycles. The average molecular weight is 429 g/mol. The van der Waals surface area contributed by atoms with Gasteiger partial charge in [0.25, 0.3) is 0 Å². The zero-order valence-corrected chi connectivity index (χ0v) is 18.9. The number of aryl methyl sites for hydroxylation is 1. The molecule has 1 aliphatic rings. The lowest BCUT2D eigenvalue weighted by molar-refractivity contribution is 0.240. The molecule has 1 aromatic carbocycles. The van der Waals surface area contributed by atoms with E-state index in [1.165, 1.54) is 4.90 Å². The molecule has 7 nitrogen and oxygen atoms in total. The van der Waals surface area contributed by atoms with Gasteiger partial charge in [-0.05, 0) is 43.2 Å². The summed E-state index contributed by atoms with van der Waals surface area (Å²) in [5, 5.41) is 6.53. The number of hydrogen-bond acceptors (Lipinski definition) is 6. The largest absolute Gasteiger partial charge is 0.338 e. The molecular weight excluding hydrogens is 396 g/mol. The Labute approximate surface area is 183 Å². The Morgan fingerprint density at radius 2 is 1.93 bits per heavy atom. The van der Waals surface area contributed by atoms with Crippen molar-refractivity contribution in [3.05, 3.63) is 42.2 Å². The number of aromatic nitrogens is 2. The van der Waals surface area contributed by atoms with Gasteiger partial charge in [0, 0.05) is 67.5 Å². The molecule has 1 fully saturated rings. The maximum absolute atomic E-state index is 12.3. The Bertz CT molecular complexity index is 811. The van der Waals surface area contributed by atoms with Gasteiger partial charge in [-0.1, -0.05) is 13.8 Å². The molecule has 2 N–H and O–H groups in total. The molecule has 30 heavy (non-hydrogen) atoms. The smallest absolute Gasteiger partial charge is 0.319 e. The van der Waals surface area contributed by atoms with E-state index in [1.807, 2.05) is 30.8 Å². The third-order valence-corrected chi connectivity index (χ3v) is 6.54. The van der Waals surface area contributed by atoms with E-state index < -0.39 is 0 Å². The number of thioether (sulfide) groups is 1. The lowest BCUT2D eigenvalue weighted by atomic mass is 10.2. The average Bonchev–Trinajstić information content (AvgIpc) is 2.76. The van der Waals surface area contributed by atoms with Crippen LogP contribution in [0.1, 0.15) is 25.8 Å². The van der Waals surface area contributed by atoms with Crippen molar-refractivity contribution in [2.75, 3.05) is 49.5 Å². The second-order valence-electron chi connectivity index (χ2n) is 7.57. The molecule has 0 radical (unpaired) electrons. The van der Waals surface area contributed by atoms with Gasteiger partial charge in [-0.25, -0.2) is 14.8 Å². The Balaban J connectivity index is 1.37. The monoisotopic (exact) mass is 428 g/mol. The summed E-state index contributed by atoms with van der Waals surface area (Å²) in [4.78, 5) is 26.7. The van der Waals surface area contributed by atoms with Gasteiger partial charge in [0.1, 0.15) is 0 Å². The van der Waals surface area contributed by atoms with Crippen LogP contribution in [0.15, 0.2) is 41.6 Å². The van der Waals surface area contributed by atoms with Gasteiger partial charge in [-0.3, -0.25) is 4.90 Å². The fourth-order valence-corrected chi connectivity index (χ4v) is 4.31. The van der Waals surface area contributed by atoms with Crippen LogP contribution >= 0.6 is 11.8 Å². The van der Waals surface area contributed by atoms with Gasteiger partial charge in [-0.2, -0.15) is 0 Å². The van der Waals surface area contributed by atoms with E-state index in [2.05, 4.69) is 56.4 Å². The second-order valence-corrected chi connectivity index (χ2v) is 9.08. The molecule has 0 bridgehead atoms. The molecule has 8 heteroatoms. The lowest BCUT2D eigenvalue weighted by Crippen LogP contribution is -2.49. The Morgan fingerprint density at radius 3 is 2.60 bits per heavy atom. The van der Waals surface area contributed by atoms with Crippen LogP contribution in [0.2, 0.25) is 0 Å². The Hall–Kier alpha value is -2.32. The highest BCUT2D eigenvalue weighted by Crippen LogP contribution is 2.28. The van der Waals surface area contributed by atoms with Crippen molar-refractivity contribution in [1.82, 2.24) is 20.2 Å². The molecule has 0 spiro atoms. The van der Waals surface area contributed by atoms with Crippen molar-refractivity contribution in [3.8, 4) is 0 Å². The standard InChI is InChI=1S/C22H32N6OS/c1-4-18(3)30-19-6-7-20(17(2)16-19)26-22(29)25-10-11-27-12-14-28(15-13-27)21-23-8-5-9-24-21/h5-9,16,18H,4,10-15H2,1-3H3,(H2,25,26,29). The summed E-state index contributed by atoms with van der Waals surface area (Å²) in [5.74, 6) is 0.790. The molecule has 2 heterocycles. The second kappa shape index (κ2) is 11.2. The number of nitrogens with one attached hydrogen (secondary N) is 2. The first-order valence-corrected chi connectivity index (χ1v) is 11.5. The van der Waals surface area contributed by atoms with Gasteiger partial charge in [0.05, 0.1) is 0 Å². The minimum Gasteiger partial charge on any atom is -0.338 e. The molecule has 1 atom stereocenters. The third-order valence-electron chi connectivity index (χ3n) is 5.28. The van der Waals surface area contributed by atoms with Crippen molar-refractivity contribution in [3.63, 3.8) is 0 Å². The summed E-state index contributed by atoms with van der Waals surface area (Å²) in [5.41, 5.74) is 1.94. The lowest BCUT2D eigenvalue weighted by Gasteiger charge is -2.34. The number of carbonyl (C=O) groups excluding carboxylic acids is 1. The summed E-state index contributed by atoms with van der Waals surface area (Å²) < 4.78 is 0. The van der Waals surface area contributed by atoms with E-state index in [-0.39, 0.29) is 6.03 Å². The van der Waals surface area contributed by atoms with Gasteiger partial charge in [0.2, 0.25) is 5.95 Å². The van der Waals surface area contributed by atoms with Crippen LogP contribution in [0.5, 0.6) is 0 Å². The number of amides is 2. The van der Waals surface area contributed by atoms with E-state index in [1.54, 1.807) is 12.4 Å². The van der Waals surface area contributed by atoms with Crippen LogP contribution in [0.3, 0.4) is 0 Å². The summed E-state index contributed by atoms with van der Waals surface area (Å²) >= 11 is 1.87. The normalized spacial score (nSPS) is 15.6. The minimum atomic E-state index is -0.156. The van der Waals surface area contributed by atoms with Gasteiger partial charge in [0.15, 0.2) is 0 Å². The van der Waals surface area contributed by atoms with Crippen molar-refractivity contribution in [1.29, 1.82) is 0 Å². The van der Waals surface area contributed by atoms with Crippen LogP contribution in [-0.4, -0.2) is 65.4 Å². The number of urea groups is 1. The van der Waals surface area contributed by atoms with Crippen LogP contribution in [-0.2, 0) is 0 Å². The molecule has 0 saturated carbocycles. The molecule has 162 valence electrons. The fraction of sp³-hybridized carbons (Fsp3) is 0.500. The Kier molecular flexibility index (Phi) is 8.33. The highest BCUT2D eigenvalue weighted by molar-refractivity contribution is 7.99. The Morgan fingerprint density at radius 1 is 1.20 bits per heavy atom. The minimum absolute atomic E-state index is 0.156. The highest BCUT2D eigenvalue weighted by atomic mass is 32.2. The SMILES string of the molecule is CCC(C)Sc1ccc(NC(=O)NCCN2CCN(c3ncccn3)CC2)c(C)c1. The first-order valence-electron chi connectivity index (χ1n) is 10.6. The third kappa shape index (κ3) is 6.60. The van der Waals surface area contributed by atoms with Gasteiger partial charge in [-0.15, -0.1) is 11.8 Å². The number of benzene rings is 1.